The maximum absolute atomic E-state index is 10.5. The summed E-state index contributed by atoms with van der Waals surface area (Å²) in [5.74, 6) is 0.117. The van der Waals surface area contributed by atoms with Crippen LogP contribution in [0.25, 0.3) is 0 Å². The van der Waals surface area contributed by atoms with Crippen LogP contribution in [-0.4, -0.2) is 46.9 Å². The van der Waals surface area contributed by atoms with Crippen LogP contribution >= 0.6 is 0 Å². The molecule has 1 aliphatic rings. The van der Waals surface area contributed by atoms with Crippen molar-refractivity contribution in [3.8, 4) is 0 Å². The largest absolute Gasteiger partial charge is 0.465 e. The van der Waals surface area contributed by atoms with Gasteiger partial charge in [-0.05, 0) is 12.3 Å². The fourth-order valence-corrected chi connectivity index (χ4v) is 1.46. The van der Waals surface area contributed by atoms with E-state index in [4.69, 9.17) is 15.9 Å². The third-order valence-corrected chi connectivity index (χ3v) is 2.31. The third kappa shape index (κ3) is 1.86. The summed E-state index contributed by atoms with van der Waals surface area (Å²) in [6, 6.07) is -0.283. The van der Waals surface area contributed by atoms with Crippen LogP contribution in [-0.2, 0) is 0 Å². The number of amides is 1. The van der Waals surface area contributed by atoms with Crippen LogP contribution in [0.15, 0.2) is 0 Å². The molecule has 1 saturated heterocycles. The number of carboxylic acid groups (broad SMARTS) is 1. The molecule has 12 heavy (non-hydrogen) atoms. The van der Waals surface area contributed by atoms with Gasteiger partial charge in [-0.15, -0.1) is 0 Å². The Labute approximate surface area is 70.8 Å². The summed E-state index contributed by atoms with van der Waals surface area (Å²) in [6.45, 7) is 0.920. The van der Waals surface area contributed by atoms with E-state index in [0.29, 0.717) is 13.1 Å². The van der Waals surface area contributed by atoms with E-state index in [-0.39, 0.29) is 18.6 Å². The van der Waals surface area contributed by atoms with Crippen LogP contribution in [0.1, 0.15) is 6.42 Å². The second-order valence-electron chi connectivity index (χ2n) is 3.12. The summed E-state index contributed by atoms with van der Waals surface area (Å²) in [7, 11) is 0. The molecule has 0 aromatic heterocycles. The zero-order valence-electron chi connectivity index (χ0n) is 6.81. The van der Waals surface area contributed by atoms with E-state index in [0.717, 1.165) is 6.42 Å². The maximum atomic E-state index is 10.5. The number of likely N-dealkylation sites (tertiary alicyclic amines) is 1. The van der Waals surface area contributed by atoms with Crippen LogP contribution in [0.5, 0.6) is 0 Å². The van der Waals surface area contributed by atoms with Crippen molar-refractivity contribution in [2.75, 3.05) is 19.7 Å². The van der Waals surface area contributed by atoms with Crippen LogP contribution < -0.4 is 5.73 Å². The zero-order valence-corrected chi connectivity index (χ0v) is 6.81. The average Bonchev–Trinajstić information content (AvgIpc) is 2.51. The number of carbonyl (C=O) groups is 1. The maximum Gasteiger partial charge on any atom is 0.407 e. The number of nitrogens with zero attached hydrogens (tertiary/aromatic N) is 1. The molecule has 0 radical (unpaired) electrons. The Morgan fingerprint density at radius 2 is 2.42 bits per heavy atom. The molecule has 1 unspecified atom stereocenters. The lowest BCUT2D eigenvalue weighted by molar-refractivity contribution is 0.151. The van der Waals surface area contributed by atoms with Gasteiger partial charge in [0.05, 0.1) is 6.61 Å². The molecule has 0 aromatic carbocycles. The van der Waals surface area contributed by atoms with Gasteiger partial charge in [0, 0.05) is 19.1 Å². The zero-order chi connectivity index (χ0) is 9.14. The summed E-state index contributed by atoms with van der Waals surface area (Å²) in [4.78, 5) is 11.8. The average molecular weight is 174 g/mol. The molecule has 1 amide bonds. The lowest BCUT2D eigenvalue weighted by Crippen LogP contribution is -2.36. The van der Waals surface area contributed by atoms with Crippen LogP contribution in [0.4, 0.5) is 4.79 Å². The highest BCUT2D eigenvalue weighted by atomic mass is 16.4. The molecule has 4 N–H and O–H groups in total. The molecule has 2 atom stereocenters. The van der Waals surface area contributed by atoms with Crippen LogP contribution in [0, 0.1) is 5.92 Å². The number of aliphatic hydroxyl groups excluding tert-OH is 1. The highest BCUT2D eigenvalue weighted by molar-refractivity contribution is 5.65. The van der Waals surface area contributed by atoms with Crippen molar-refractivity contribution in [3.63, 3.8) is 0 Å². The standard InChI is InChI=1S/C7H14N2O3/c8-6(4-10)5-1-2-9(3-5)7(11)12/h5-6,10H,1-4,8H2,(H,11,12)/t5?,6-/m0/s1. The number of nitrogens with two attached hydrogens (primary N) is 1. The molecule has 0 aliphatic carbocycles. The van der Waals surface area contributed by atoms with Gasteiger partial charge in [0.15, 0.2) is 0 Å². The Morgan fingerprint density at radius 3 is 2.83 bits per heavy atom. The molecule has 1 heterocycles. The van der Waals surface area contributed by atoms with Gasteiger partial charge < -0.3 is 20.8 Å². The summed E-state index contributed by atoms with van der Waals surface area (Å²) in [5, 5.41) is 17.3. The fourth-order valence-electron chi connectivity index (χ4n) is 1.46. The number of aliphatic hydroxyl groups is 1. The van der Waals surface area contributed by atoms with Crippen molar-refractivity contribution >= 4 is 6.09 Å². The minimum absolute atomic E-state index is 0.0713. The molecule has 1 fully saturated rings. The van der Waals surface area contributed by atoms with Crippen molar-refractivity contribution in [1.29, 1.82) is 0 Å². The van der Waals surface area contributed by atoms with E-state index in [1.165, 1.54) is 4.90 Å². The molecule has 0 bridgehead atoms. The number of hydrogen-bond donors (Lipinski definition) is 3. The Morgan fingerprint density at radius 1 is 1.75 bits per heavy atom. The fraction of sp³-hybridized carbons (Fsp3) is 0.857. The highest BCUT2D eigenvalue weighted by Gasteiger charge is 2.29. The molecule has 0 aromatic rings. The molecular formula is C7H14N2O3. The molecular weight excluding hydrogens is 160 g/mol. The minimum Gasteiger partial charge on any atom is -0.465 e. The van der Waals surface area contributed by atoms with E-state index in [1.807, 2.05) is 0 Å². The quantitative estimate of drug-likeness (QED) is 0.517. The third-order valence-electron chi connectivity index (χ3n) is 2.31. The van der Waals surface area contributed by atoms with Crippen molar-refractivity contribution in [1.82, 2.24) is 4.90 Å². The van der Waals surface area contributed by atoms with Gasteiger partial charge >= 0.3 is 6.09 Å². The Kier molecular flexibility index (Phi) is 2.88. The Hall–Kier alpha value is -0.810. The predicted octanol–water partition coefficient (Wildman–Crippen LogP) is -0.694. The smallest absolute Gasteiger partial charge is 0.407 e. The normalized spacial score (nSPS) is 25.8. The van der Waals surface area contributed by atoms with Gasteiger partial charge in [-0.1, -0.05) is 0 Å². The molecule has 1 rings (SSSR count). The van der Waals surface area contributed by atoms with Gasteiger partial charge in [0.2, 0.25) is 0 Å². The van der Waals surface area contributed by atoms with Gasteiger partial charge in [0.25, 0.3) is 0 Å². The van der Waals surface area contributed by atoms with E-state index in [2.05, 4.69) is 0 Å². The first-order chi connectivity index (χ1) is 5.65. The molecule has 0 spiro atoms. The molecule has 70 valence electrons. The van der Waals surface area contributed by atoms with E-state index in [9.17, 15) is 4.79 Å². The summed E-state index contributed by atoms with van der Waals surface area (Å²) in [6.07, 6.45) is -0.142. The van der Waals surface area contributed by atoms with Crippen molar-refractivity contribution in [3.05, 3.63) is 0 Å². The van der Waals surface area contributed by atoms with Gasteiger partial charge in [0.1, 0.15) is 0 Å². The lowest BCUT2D eigenvalue weighted by atomic mass is 10.0. The van der Waals surface area contributed by atoms with E-state index < -0.39 is 6.09 Å². The first kappa shape index (κ1) is 9.28. The second-order valence-corrected chi connectivity index (χ2v) is 3.12. The van der Waals surface area contributed by atoms with Crippen molar-refractivity contribution < 1.29 is 15.0 Å². The molecule has 0 saturated carbocycles. The van der Waals surface area contributed by atoms with Crippen molar-refractivity contribution in [2.45, 2.75) is 12.5 Å². The molecule has 5 nitrogen and oxygen atoms in total. The molecule has 1 aliphatic heterocycles. The van der Waals surface area contributed by atoms with Crippen molar-refractivity contribution in [2.24, 2.45) is 11.7 Å². The monoisotopic (exact) mass is 174 g/mol. The number of hydrogen-bond acceptors (Lipinski definition) is 3. The van der Waals surface area contributed by atoms with Crippen LogP contribution in [0.3, 0.4) is 0 Å². The topological polar surface area (TPSA) is 86.8 Å². The minimum atomic E-state index is -0.900. The summed E-state index contributed by atoms with van der Waals surface area (Å²) >= 11 is 0. The molecule has 5 heteroatoms. The first-order valence-electron chi connectivity index (χ1n) is 3.99. The van der Waals surface area contributed by atoms with E-state index in [1.54, 1.807) is 0 Å². The Balaban J connectivity index is 2.40. The van der Waals surface area contributed by atoms with E-state index >= 15 is 0 Å². The summed E-state index contributed by atoms with van der Waals surface area (Å²) in [5.41, 5.74) is 5.57. The summed E-state index contributed by atoms with van der Waals surface area (Å²) < 4.78 is 0. The predicted molar refractivity (Wildman–Crippen MR) is 42.8 cm³/mol. The van der Waals surface area contributed by atoms with Gasteiger partial charge in [-0.3, -0.25) is 0 Å². The van der Waals surface area contributed by atoms with Crippen LogP contribution in [0.2, 0.25) is 0 Å². The Bertz CT molecular complexity index is 174. The first-order valence-corrected chi connectivity index (χ1v) is 3.99. The SMILES string of the molecule is N[C@@H](CO)C1CCN(C(=O)O)C1. The second kappa shape index (κ2) is 3.73. The highest BCUT2D eigenvalue weighted by Crippen LogP contribution is 2.18. The van der Waals surface area contributed by atoms with Gasteiger partial charge in [-0.25, -0.2) is 4.79 Å². The number of rotatable bonds is 2. The van der Waals surface area contributed by atoms with Gasteiger partial charge in [-0.2, -0.15) is 0 Å². The lowest BCUT2D eigenvalue weighted by Gasteiger charge is -2.16.